The third kappa shape index (κ3) is 5.67. The molecule has 1 saturated carbocycles. The van der Waals surface area contributed by atoms with Crippen LogP contribution < -0.4 is 15.5 Å². The quantitative estimate of drug-likeness (QED) is 0.278. The summed E-state index contributed by atoms with van der Waals surface area (Å²) in [5.41, 5.74) is 6.79. The molecule has 2 amide bonds. The Bertz CT molecular complexity index is 1540. The molecule has 3 fully saturated rings. The molecular formula is C34H36N6O2. The van der Waals surface area contributed by atoms with E-state index in [1.54, 1.807) is 0 Å². The first-order valence-corrected chi connectivity index (χ1v) is 15.0. The van der Waals surface area contributed by atoms with Crippen molar-refractivity contribution in [2.45, 2.75) is 31.7 Å². The lowest BCUT2D eigenvalue weighted by molar-refractivity contribution is -0.132. The van der Waals surface area contributed by atoms with Gasteiger partial charge >= 0.3 is 0 Å². The van der Waals surface area contributed by atoms with Crippen LogP contribution in [0.5, 0.6) is 0 Å². The van der Waals surface area contributed by atoms with Crippen molar-refractivity contribution >= 4 is 23.2 Å². The summed E-state index contributed by atoms with van der Waals surface area (Å²) in [6.07, 6.45) is 6.32. The third-order valence-electron chi connectivity index (χ3n) is 8.67. The average molecular weight is 561 g/mol. The number of nitrogens with one attached hydrogen (secondary N) is 3. The van der Waals surface area contributed by atoms with Crippen molar-refractivity contribution in [3.63, 3.8) is 0 Å². The number of H-pyrrole nitrogens is 1. The highest BCUT2D eigenvalue weighted by Gasteiger charge is 2.34. The molecule has 7 rings (SSSR count). The van der Waals surface area contributed by atoms with E-state index < -0.39 is 0 Å². The minimum atomic E-state index is -0.134. The first kappa shape index (κ1) is 26.5. The van der Waals surface area contributed by atoms with Crippen LogP contribution in [0.4, 0.5) is 11.4 Å². The van der Waals surface area contributed by atoms with Gasteiger partial charge in [-0.1, -0.05) is 36.4 Å². The lowest BCUT2D eigenvalue weighted by atomic mass is 10.0. The number of nitrogens with zero attached hydrogens (tertiary/aromatic N) is 3. The van der Waals surface area contributed by atoms with E-state index >= 15 is 0 Å². The van der Waals surface area contributed by atoms with Crippen molar-refractivity contribution in [2.24, 2.45) is 5.92 Å². The van der Waals surface area contributed by atoms with Gasteiger partial charge in [-0.3, -0.25) is 9.59 Å². The van der Waals surface area contributed by atoms with Crippen molar-refractivity contribution in [1.82, 2.24) is 20.2 Å². The number of anilines is 2. The van der Waals surface area contributed by atoms with Crippen molar-refractivity contribution in [3.8, 4) is 22.4 Å². The number of aromatic nitrogens is 2. The van der Waals surface area contributed by atoms with Crippen LogP contribution in [-0.2, 0) is 4.79 Å². The van der Waals surface area contributed by atoms with E-state index in [2.05, 4.69) is 49.8 Å². The van der Waals surface area contributed by atoms with E-state index in [4.69, 9.17) is 0 Å². The SMILES string of the molecule is O=C(Nc1ccc(-c2ccc(-c3cnc([C@@H]4CCCN4)[nH]3)cc2)cc1)c1ccc(N2CCN(C(=O)C3CC3)CC2)cc1. The third-order valence-corrected chi connectivity index (χ3v) is 8.67. The second-order valence-corrected chi connectivity index (χ2v) is 11.6. The Morgan fingerprint density at radius 2 is 1.45 bits per heavy atom. The van der Waals surface area contributed by atoms with Gasteiger partial charge in [-0.25, -0.2) is 4.98 Å². The van der Waals surface area contributed by atoms with Gasteiger partial charge in [0.1, 0.15) is 5.82 Å². The molecule has 0 spiro atoms. The molecule has 42 heavy (non-hydrogen) atoms. The van der Waals surface area contributed by atoms with E-state index in [1.807, 2.05) is 59.6 Å². The summed E-state index contributed by atoms with van der Waals surface area (Å²) in [5, 5.41) is 6.50. The molecule has 0 radical (unpaired) electrons. The Morgan fingerprint density at radius 1 is 0.786 bits per heavy atom. The maximum atomic E-state index is 12.9. The predicted molar refractivity (Wildman–Crippen MR) is 165 cm³/mol. The normalized spacial score (nSPS) is 18.7. The lowest BCUT2D eigenvalue weighted by Crippen LogP contribution is -2.49. The summed E-state index contributed by atoms with van der Waals surface area (Å²) in [6, 6.07) is 24.4. The average Bonchev–Trinajstić information content (AvgIpc) is 3.52. The van der Waals surface area contributed by atoms with E-state index in [0.717, 1.165) is 91.6 Å². The summed E-state index contributed by atoms with van der Waals surface area (Å²) in [7, 11) is 0. The number of carbonyl (C=O) groups excluding carboxylic acids is 2. The van der Waals surface area contributed by atoms with Gasteiger partial charge in [0.05, 0.1) is 17.9 Å². The molecule has 3 aliphatic rings. The first-order valence-electron chi connectivity index (χ1n) is 15.0. The number of piperazine rings is 1. The van der Waals surface area contributed by atoms with Gasteiger partial charge in [0.25, 0.3) is 5.91 Å². The fourth-order valence-electron chi connectivity index (χ4n) is 5.97. The van der Waals surface area contributed by atoms with Crippen LogP contribution in [0.15, 0.2) is 79.0 Å². The van der Waals surface area contributed by atoms with Crippen molar-refractivity contribution in [2.75, 3.05) is 42.9 Å². The molecule has 214 valence electrons. The summed E-state index contributed by atoms with van der Waals surface area (Å²) in [4.78, 5) is 37.6. The van der Waals surface area contributed by atoms with Gasteiger partial charge in [0.15, 0.2) is 0 Å². The van der Waals surface area contributed by atoms with Crippen LogP contribution in [0.1, 0.15) is 47.9 Å². The van der Waals surface area contributed by atoms with E-state index in [0.29, 0.717) is 17.5 Å². The summed E-state index contributed by atoms with van der Waals surface area (Å²) >= 11 is 0. The Labute approximate surface area is 246 Å². The summed E-state index contributed by atoms with van der Waals surface area (Å²) < 4.78 is 0. The Balaban J connectivity index is 0.934. The first-order chi connectivity index (χ1) is 20.6. The number of imidazole rings is 1. The zero-order valence-electron chi connectivity index (χ0n) is 23.7. The summed E-state index contributed by atoms with van der Waals surface area (Å²) in [6.45, 7) is 4.22. The number of hydrogen-bond acceptors (Lipinski definition) is 5. The molecule has 3 heterocycles. The van der Waals surface area contributed by atoms with Crippen LogP contribution in [0.25, 0.3) is 22.4 Å². The van der Waals surface area contributed by atoms with Crippen LogP contribution in [-0.4, -0.2) is 59.4 Å². The highest BCUT2D eigenvalue weighted by molar-refractivity contribution is 6.04. The van der Waals surface area contributed by atoms with Gasteiger partial charge in [-0.15, -0.1) is 0 Å². The maximum absolute atomic E-state index is 12.9. The van der Waals surface area contributed by atoms with Crippen molar-refractivity contribution in [3.05, 3.63) is 90.4 Å². The molecular weight excluding hydrogens is 524 g/mol. The van der Waals surface area contributed by atoms with Crippen molar-refractivity contribution in [1.29, 1.82) is 0 Å². The highest BCUT2D eigenvalue weighted by atomic mass is 16.2. The number of rotatable bonds is 7. The lowest BCUT2D eigenvalue weighted by Gasteiger charge is -2.36. The molecule has 0 bridgehead atoms. The summed E-state index contributed by atoms with van der Waals surface area (Å²) in [5.74, 6) is 1.48. The largest absolute Gasteiger partial charge is 0.368 e. The number of amides is 2. The zero-order chi connectivity index (χ0) is 28.5. The fraction of sp³-hybridized carbons (Fsp3) is 0.324. The molecule has 1 aliphatic carbocycles. The van der Waals surface area contributed by atoms with Gasteiger partial charge in [-0.05, 0) is 85.3 Å². The molecule has 8 nitrogen and oxygen atoms in total. The highest BCUT2D eigenvalue weighted by Crippen LogP contribution is 2.32. The molecule has 1 atom stereocenters. The van der Waals surface area contributed by atoms with Gasteiger partial charge in [0, 0.05) is 49.0 Å². The van der Waals surface area contributed by atoms with Crippen LogP contribution in [0, 0.1) is 5.92 Å². The van der Waals surface area contributed by atoms with Crippen LogP contribution >= 0.6 is 0 Å². The van der Waals surface area contributed by atoms with Gasteiger partial charge < -0.3 is 25.4 Å². The molecule has 2 aliphatic heterocycles. The number of hydrogen-bond donors (Lipinski definition) is 3. The molecule has 0 unspecified atom stereocenters. The predicted octanol–water partition coefficient (Wildman–Crippen LogP) is 5.48. The minimum Gasteiger partial charge on any atom is -0.368 e. The molecule has 3 aromatic carbocycles. The van der Waals surface area contributed by atoms with E-state index in [9.17, 15) is 9.59 Å². The van der Waals surface area contributed by atoms with Crippen LogP contribution in [0.2, 0.25) is 0 Å². The van der Waals surface area contributed by atoms with E-state index in [1.165, 1.54) is 6.42 Å². The van der Waals surface area contributed by atoms with Gasteiger partial charge in [-0.2, -0.15) is 0 Å². The second kappa shape index (κ2) is 11.4. The maximum Gasteiger partial charge on any atom is 0.255 e. The molecule has 4 aromatic rings. The zero-order valence-corrected chi connectivity index (χ0v) is 23.7. The molecule has 8 heteroatoms. The molecule has 1 aromatic heterocycles. The Kier molecular flexibility index (Phi) is 7.22. The van der Waals surface area contributed by atoms with E-state index in [-0.39, 0.29) is 11.8 Å². The van der Waals surface area contributed by atoms with Crippen molar-refractivity contribution < 1.29 is 9.59 Å². The minimum absolute atomic E-state index is 0.134. The second-order valence-electron chi connectivity index (χ2n) is 11.6. The topological polar surface area (TPSA) is 93.4 Å². The van der Waals surface area contributed by atoms with Gasteiger partial charge in [0.2, 0.25) is 5.91 Å². The fourth-order valence-corrected chi connectivity index (χ4v) is 5.97. The smallest absolute Gasteiger partial charge is 0.255 e. The molecule has 2 saturated heterocycles. The molecule has 3 N–H and O–H groups in total. The monoisotopic (exact) mass is 560 g/mol. The number of carbonyl (C=O) groups is 2. The number of benzene rings is 3. The Morgan fingerprint density at radius 3 is 2.10 bits per heavy atom. The number of aromatic amines is 1. The Hall–Kier alpha value is -4.43. The van der Waals surface area contributed by atoms with Crippen LogP contribution in [0.3, 0.4) is 0 Å². The standard InChI is InChI=1S/C34H36N6O2/c41-33(26-11-15-29(16-12-26)39-18-20-40(21-19-39)34(42)27-7-8-27)37-28-13-9-24(10-14-28)23-3-5-25(6-4-23)31-22-36-32(38-31)30-2-1-17-35-30/h3-6,9-16,22,27,30,35H,1-2,7-8,17-21H2,(H,36,38)(H,37,41)/t30-/m0/s1.